The number of hydrogen-bond acceptors (Lipinski definition) is 3. The molecule has 0 aromatic heterocycles. The Morgan fingerprint density at radius 2 is 1.90 bits per heavy atom. The SMILES string of the molecule is CCCCOCCC(O)CNC(=O)c1cc(C)cc(C)c1. The van der Waals surface area contributed by atoms with Crippen LogP contribution in [0, 0.1) is 13.8 Å². The van der Waals surface area contributed by atoms with Crippen LogP contribution in [0.3, 0.4) is 0 Å². The summed E-state index contributed by atoms with van der Waals surface area (Å²) in [5.41, 5.74) is 2.76. The molecule has 1 rings (SSSR count). The van der Waals surface area contributed by atoms with E-state index in [1.807, 2.05) is 32.0 Å². The van der Waals surface area contributed by atoms with E-state index in [0.29, 0.717) is 18.6 Å². The van der Waals surface area contributed by atoms with E-state index in [0.717, 1.165) is 30.6 Å². The van der Waals surface area contributed by atoms with E-state index in [1.165, 1.54) is 0 Å². The third kappa shape index (κ3) is 7.25. The number of hydrogen-bond donors (Lipinski definition) is 2. The Balaban J connectivity index is 2.28. The van der Waals surface area contributed by atoms with E-state index in [4.69, 9.17) is 4.74 Å². The lowest BCUT2D eigenvalue weighted by Gasteiger charge is -2.12. The lowest BCUT2D eigenvalue weighted by atomic mass is 10.1. The summed E-state index contributed by atoms with van der Waals surface area (Å²) >= 11 is 0. The van der Waals surface area contributed by atoms with Crippen LogP contribution in [0.15, 0.2) is 18.2 Å². The van der Waals surface area contributed by atoms with Crippen LogP contribution in [0.25, 0.3) is 0 Å². The Hall–Kier alpha value is -1.39. The first-order valence-electron chi connectivity index (χ1n) is 7.65. The van der Waals surface area contributed by atoms with Crippen LogP contribution in [0.5, 0.6) is 0 Å². The Kier molecular flexibility index (Phi) is 8.01. The molecule has 21 heavy (non-hydrogen) atoms. The highest BCUT2D eigenvalue weighted by molar-refractivity contribution is 5.94. The number of amides is 1. The fraction of sp³-hybridized carbons (Fsp3) is 0.588. The molecule has 0 aliphatic rings. The first kappa shape index (κ1) is 17.7. The molecule has 0 aliphatic heterocycles. The minimum absolute atomic E-state index is 0.146. The fourth-order valence-corrected chi connectivity index (χ4v) is 2.09. The molecular weight excluding hydrogens is 266 g/mol. The van der Waals surface area contributed by atoms with Gasteiger partial charge < -0.3 is 15.2 Å². The van der Waals surface area contributed by atoms with E-state index >= 15 is 0 Å². The molecule has 118 valence electrons. The highest BCUT2D eigenvalue weighted by Crippen LogP contribution is 2.08. The van der Waals surface area contributed by atoms with Gasteiger partial charge in [0.1, 0.15) is 0 Å². The average molecular weight is 293 g/mol. The lowest BCUT2D eigenvalue weighted by molar-refractivity contribution is 0.0745. The minimum atomic E-state index is -0.568. The van der Waals surface area contributed by atoms with E-state index in [2.05, 4.69) is 12.2 Å². The number of rotatable bonds is 9. The van der Waals surface area contributed by atoms with E-state index in [1.54, 1.807) is 0 Å². The molecule has 0 heterocycles. The van der Waals surface area contributed by atoms with E-state index in [9.17, 15) is 9.90 Å². The molecule has 0 spiro atoms. The fourth-order valence-electron chi connectivity index (χ4n) is 2.09. The number of aryl methyl sites for hydroxylation is 2. The van der Waals surface area contributed by atoms with Crippen LogP contribution in [0.2, 0.25) is 0 Å². The van der Waals surface area contributed by atoms with Gasteiger partial charge in [-0.1, -0.05) is 30.5 Å². The minimum Gasteiger partial charge on any atom is -0.391 e. The number of unbranched alkanes of at least 4 members (excludes halogenated alkanes) is 1. The van der Waals surface area contributed by atoms with Gasteiger partial charge in [-0.05, 0) is 38.8 Å². The molecule has 0 saturated heterocycles. The highest BCUT2D eigenvalue weighted by atomic mass is 16.5. The quantitative estimate of drug-likeness (QED) is 0.688. The molecule has 0 bridgehead atoms. The Bertz CT molecular complexity index is 425. The number of ether oxygens (including phenoxy) is 1. The summed E-state index contributed by atoms with van der Waals surface area (Å²) in [6.07, 6.45) is 2.12. The summed E-state index contributed by atoms with van der Waals surface area (Å²) in [6, 6.07) is 5.73. The van der Waals surface area contributed by atoms with Crippen molar-refractivity contribution in [1.29, 1.82) is 0 Å². The Morgan fingerprint density at radius 1 is 1.24 bits per heavy atom. The van der Waals surface area contributed by atoms with Crippen molar-refractivity contribution < 1.29 is 14.6 Å². The molecule has 4 heteroatoms. The monoisotopic (exact) mass is 293 g/mol. The number of carbonyl (C=O) groups is 1. The van der Waals surface area contributed by atoms with Gasteiger partial charge >= 0.3 is 0 Å². The van der Waals surface area contributed by atoms with Gasteiger partial charge in [-0.3, -0.25) is 4.79 Å². The largest absolute Gasteiger partial charge is 0.391 e. The average Bonchev–Trinajstić information content (AvgIpc) is 2.43. The number of benzene rings is 1. The first-order valence-corrected chi connectivity index (χ1v) is 7.65. The number of aliphatic hydroxyl groups excluding tert-OH is 1. The smallest absolute Gasteiger partial charge is 0.251 e. The third-order valence-corrected chi connectivity index (χ3v) is 3.22. The second-order valence-electron chi connectivity index (χ2n) is 5.49. The maximum Gasteiger partial charge on any atom is 0.251 e. The second kappa shape index (κ2) is 9.53. The van der Waals surface area contributed by atoms with Gasteiger partial charge in [0.15, 0.2) is 0 Å². The van der Waals surface area contributed by atoms with Gasteiger partial charge in [0.25, 0.3) is 5.91 Å². The van der Waals surface area contributed by atoms with Crippen LogP contribution in [-0.4, -0.2) is 36.9 Å². The Labute approximate surface area is 127 Å². The lowest BCUT2D eigenvalue weighted by Crippen LogP contribution is -2.32. The number of carbonyl (C=O) groups excluding carboxylic acids is 1. The predicted molar refractivity (Wildman–Crippen MR) is 84.6 cm³/mol. The van der Waals surface area contributed by atoms with Crippen molar-refractivity contribution >= 4 is 5.91 Å². The molecule has 0 aliphatic carbocycles. The van der Waals surface area contributed by atoms with E-state index < -0.39 is 6.10 Å². The van der Waals surface area contributed by atoms with Gasteiger partial charge in [-0.15, -0.1) is 0 Å². The van der Waals surface area contributed by atoms with Crippen molar-refractivity contribution in [3.63, 3.8) is 0 Å². The molecule has 1 amide bonds. The van der Waals surface area contributed by atoms with Crippen LogP contribution in [-0.2, 0) is 4.74 Å². The van der Waals surface area contributed by atoms with Crippen LogP contribution in [0.4, 0.5) is 0 Å². The molecule has 1 aromatic rings. The van der Waals surface area contributed by atoms with Gasteiger partial charge in [0, 0.05) is 25.3 Å². The maximum atomic E-state index is 12.0. The summed E-state index contributed by atoms with van der Waals surface area (Å²) in [5.74, 6) is -0.146. The highest BCUT2D eigenvalue weighted by Gasteiger charge is 2.09. The summed E-state index contributed by atoms with van der Waals surface area (Å²) in [7, 11) is 0. The summed E-state index contributed by atoms with van der Waals surface area (Å²) in [4.78, 5) is 12.0. The van der Waals surface area contributed by atoms with Crippen molar-refractivity contribution in [2.45, 2.75) is 46.1 Å². The van der Waals surface area contributed by atoms with Crippen molar-refractivity contribution in [3.05, 3.63) is 34.9 Å². The summed E-state index contributed by atoms with van der Waals surface area (Å²) in [6.45, 7) is 7.56. The Morgan fingerprint density at radius 3 is 2.52 bits per heavy atom. The normalized spacial score (nSPS) is 12.2. The van der Waals surface area contributed by atoms with Crippen LogP contribution >= 0.6 is 0 Å². The van der Waals surface area contributed by atoms with Gasteiger partial charge in [0.2, 0.25) is 0 Å². The first-order chi connectivity index (χ1) is 10.0. The zero-order valence-corrected chi connectivity index (χ0v) is 13.3. The molecule has 0 fully saturated rings. The molecule has 1 aromatic carbocycles. The van der Waals surface area contributed by atoms with Crippen LogP contribution in [0.1, 0.15) is 47.7 Å². The number of nitrogens with one attached hydrogen (secondary N) is 1. The topological polar surface area (TPSA) is 58.6 Å². The van der Waals surface area contributed by atoms with Crippen molar-refractivity contribution in [2.24, 2.45) is 0 Å². The van der Waals surface area contributed by atoms with Gasteiger partial charge in [-0.25, -0.2) is 0 Å². The van der Waals surface area contributed by atoms with Crippen molar-refractivity contribution in [3.8, 4) is 0 Å². The molecule has 1 atom stereocenters. The second-order valence-corrected chi connectivity index (χ2v) is 5.49. The van der Waals surface area contributed by atoms with Crippen molar-refractivity contribution in [2.75, 3.05) is 19.8 Å². The number of aliphatic hydroxyl groups is 1. The zero-order valence-electron chi connectivity index (χ0n) is 13.3. The molecule has 4 nitrogen and oxygen atoms in total. The van der Waals surface area contributed by atoms with Gasteiger partial charge in [0.05, 0.1) is 6.10 Å². The molecular formula is C17H27NO3. The zero-order chi connectivity index (χ0) is 15.7. The van der Waals surface area contributed by atoms with Gasteiger partial charge in [-0.2, -0.15) is 0 Å². The molecule has 0 saturated carbocycles. The molecule has 0 radical (unpaired) electrons. The summed E-state index contributed by atoms with van der Waals surface area (Å²) < 4.78 is 5.39. The van der Waals surface area contributed by atoms with Crippen molar-refractivity contribution in [1.82, 2.24) is 5.32 Å². The van der Waals surface area contributed by atoms with Crippen LogP contribution < -0.4 is 5.32 Å². The van der Waals surface area contributed by atoms with E-state index in [-0.39, 0.29) is 12.5 Å². The predicted octanol–water partition coefficient (Wildman–Crippen LogP) is 2.60. The maximum absolute atomic E-state index is 12.0. The molecule has 2 N–H and O–H groups in total. The molecule has 1 unspecified atom stereocenters. The standard InChI is InChI=1S/C17H27NO3/c1-4-5-7-21-8-6-16(19)12-18-17(20)15-10-13(2)9-14(3)11-15/h9-11,16,19H,4-8,12H2,1-3H3,(H,18,20). The third-order valence-electron chi connectivity index (χ3n) is 3.22. The summed E-state index contributed by atoms with van der Waals surface area (Å²) in [5, 5.41) is 12.6.